The lowest BCUT2D eigenvalue weighted by Crippen LogP contribution is -2.30. The molecule has 3 N–H and O–H groups in total. The Labute approximate surface area is 119 Å². The fraction of sp³-hybridized carbons (Fsp3) is 0.455. The molecule has 2 rings (SSSR count). The van der Waals surface area contributed by atoms with E-state index in [-0.39, 0.29) is 6.04 Å². The van der Waals surface area contributed by atoms with Gasteiger partial charge in [-0.05, 0) is 41.2 Å². The first-order valence-electron chi connectivity index (χ1n) is 5.71. The summed E-state index contributed by atoms with van der Waals surface area (Å²) in [6, 6.07) is 2.37. The van der Waals surface area contributed by atoms with Crippen LogP contribution < -0.4 is 11.3 Å². The molecular formula is C11H16BrN5S. The molecule has 2 aromatic heterocycles. The Bertz CT molecular complexity index is 507. The van der Waals surface area contributed by atoms with Crippen LogP contribution in [0.15, 0.2) is 22.2 Å². The molecule has 0 amide bonds. The largest absolute Gasteiger partial charge is 0.271 e. The van der Waals surface area contributed by atoms with Crippen LogP contribution in [0.2, 0.25) is 0 Å². The summed E-state index contributed by atoms with van der Waals surface area (Å²) >= 11 is 5.20. The summed E-state index contributed by atoms with van der Waals surface area (Å²) in [6.07, 6.45) is 2.31. The second kappa shape index (κ2) is 5.92. The number of halogens is 1. The minimum absolute atomic E-state index is 0.0427. The van der Waals surface area contributed by atoms with E-state index >= 15 is 0 Å². The zero-order chi connectivity index (χ0) is 13.1. The average molecular weight is 330 g/mol. The maximum atomic E-state index is 5.65. The molecule has 0 saturated carbocycles. The van der Waals surface area contributed by atoms with Gasteiger partial charge in [0.1, 0.15) is 12.2 Å². The molecule has 0 spiro atoms. The molecule has 0 aliphatic heterocycles. The van der Waals surface area contributed by atoms with Gasteiger partial charge >= 0.3 is 0 Å². The SMILES string of the molecule is CC(C)n1ncnc1CC(NN)c1sccc1Br. The Balaban J connectivity index is 2.21. The van der Waals surface area contributed by atoms with Gasteiger partial charge in [0.05, 0.1) is 6.04 Å². The van der Waals surface area contributed by atoms with Gasteiger partial charge in [0.2, 0.25) is 0 Å². The van der Waals surface area contributed by atoms with Crippen molar-refractivity contribution in [3.8, 4) is 0 Å². The standard InChI is InChI=1S/C11H16BrN5S/c1-7(2)17-10(14-6-15-17)5-9(16-13)11-8(12)3-4-18-11/h3-4,6-7,9,16H,5,13H2,1-2H3. The second-order valence-electron chi connectivity index (χ2n) is 4.27. The number of aromatic nitrogens is 3. The minimum Gasteiger partial charge on any atom is -0.271 e. The van der Waals surface area contributed by atoms with Crippen molar-refractivity contribution in [2.45, 2.75) is 32.4 Å². The van der Waals surface area contributed by atoms with Crippen LogP contribution >= 0.6 is 27.3 Å². The number of hydrazine groups is 1. The van der Waals surface area contributed by atoms with Crippen molar-refractivity contribution in [2.24, 2.45) is 5.84 Å². The molecule has 98 valence electrons. The van der Waals surface area contributed by atoms with Crippen LogP contribution in [0.3, 0.4) is 0 Å². The summed E-state index contributed by atoms with van der Waals surface area (Å²) < 4.78 is 3.00. The van der Waals surface area contributed by atoms with E-state index in [0.717, 1.165) is 10.3 Å². The van der Waals surface area contributed by atoms with Crippen molar-refractivity contribution in [3.05, 3.63) is 32.9 Å². The molecule has 0 saturated heterocycles. The lowest BCUT2D eigenvalue weighted by atomic mass is 10.1. The Hall–Kier alpha value is -0.760. The lowest BCUT2D eigenvalue weighted by Gasteiger charge is -2.16. The van der Waals surface area contributed by atoms with Crippen LogP contribution in [0.25, 0.3) is 0 Å². The summed E-state index contributed by atoms with van der Waals surface area (Å²) in [5.41, 5.74) is 2.85. The third-order valence-corrected chi connectivity index (χ3v) is 4.67. The van der Waals surface area contributed by atoms with Crippen LogP contribution in [0.1, 0.15) is 36.6 Å². The van der Waals surface area contributed by atoms with Gasteiger partial charge in [0.25, 0.3) is 0 Å². The molecule has 7 heteroatoms. The third kappa shape index (κ3) is 2.80. The fourth-order valence-corrected chi connectivity index (χ4v) is 3.53. The zero-order valence-corrected chi connectivity index (χ0v) is 12.7. The predicted molar refractivity (Wildman–Crippen MR) is 76.2 cm³/mol. The van der Waals surface area contributed by atoms with Gasteiger partial charge in [-0.15, -0.1) is 11.3 Å². The number of hydrogen-bond acceptors (Lipinski definition) is 5. The minimum atomic E-state index is 0.0427. The van der Waals surface area contributed by atoms with E-state index < -0.39 is 0 Å². The lowest BCUT2D eigenvalue weighted by molar-refractivity contribution is 0.471. The average Bonchev–Trinajstić information content (AvgIpc) is 2.94. The summed E-state index contributed by atoms with van der Waals surface area (Å²) in [5, 5.41) is 6.27. The summed E-state index contributed by atoms with van der Waals surface area (Å²) in [5.74, 6) is 6.59. The molecule has 2 heterocycles. The number of rotatable bonds is 5. The van der Waals surface area contributed by atoms with E-state index in [1.54, 1.807) is 17.7 Å². The molecule has 0 aromatic carbocycles. The number of nitrogens with two attached hydrogens (primary N) is 1. The van der Waals surface area contributed by atoms with E-state index in [1.165, 1.54) is 4.88 Å². The van der Waals surface area contributed by atoms with Gasteiger partial charge in [-0.1, -0.05) is 0 Å². The van der Waals surface area contributed by atoms with E-state index in [0.29, 0.717) is 12.5 Å². The molecule has 0 radical (unpaired) electrons. The Morgan fingerprint density at radius 1 is 1.56 bits per heavy atom. The maximum absolute atomic E-state index is 5.65. The van der Waals surface area contributed by atoms with Crippen molar-refractivity contribution in [1.82, 2.24) is 20.2 Å². The summed E-state index contributed by atoms with van der Waals surface area (Å²) in [4.78, 5) is 5.49. The van der Waals surface area contributed by atoms with Crippen LogP contribution in [0, 0.1) is 0 Å². The molecule has 2 aromatic rings. The van der Waals surface area contributed by atoms with Crippen LogP contribution in [-0.4, -0.2) is 14.8 Å². The van der Waals surface area contributed by atoms with Crippen LogP contribution in [-0.2, 0) is 6.42 Å². The topological polar surface area (TPSA) is 68.8 Å². The number of nitrogens with one attached hydrogen (secondary N) is 1. The van der Waals surface area contributed by atoms with Crippen LogP contribution in [0.4, 0.5) is 0 Å². The first kappa shape index (κ1) is 13.7. The first-order chi connectivity index (χ1) is 8.63. The van der Waals surface area contributed by atoms with Gasteiger partial charge in [-0.25, -0.2) is 9.67 Å². The van der Waals surface area contributed by atoms with Crippen molar-refractivity contribution in [2.75, 3.05) is 0 Å². The van der Waals surface area contributed by atoms with Crippen molar-refractivity contribution in [1.29, 1.82) is 0 Å². The molecule has 1 atom stereocenters. The normalized spacial score (nSPS) is 13.2. The van der Waals surface area contributed by atoms with Gasteiger partial charge in [0.15, 0.2) is 0 Å². The second-order valence-corrected chi connectivity index (χ2v) is 6.07. The number of hydrogen-bond donors (Lipinski definition) is 2. The summed E-state index contributed by atoms with van der Waals surface area (Å²) in [7, 11) is 0. The Kier molecular flexibility index (Phi) is 4.50. The molecule has 0 bridgehead atoms. The maximum Gasteiger partial charge on any atom is 0.138 e. The number of thiophene rings is 1. The molecular weight excluding hydrogens is 314 g/mol. The van der Waals surface area contributed by atoms with E-state index in [2.05, 4.69) is 45.3 Å². The highest BCUT2D eigenvalue weighted by Crippen LogP contribution is 2.30. The highest BCUT2D eigenvalue weighted by molar-refractivity contribution is 9.10. The first-order valence-corrected chi connectivity index (χ1v) is 7.38. The molecule has 0 aliphatic carbocycles. The Morgan fingerprint density at radius 3 is 2.89 bits per heavy atom. The van der Waals surface area contributed by atoms with Gasteiger partial charge < -0.3 is 0 Å². The van der Waals surface area contributed by atoms with E-state index in [4.69, 9.17) is 5.84 Å². The monoisotopic (exact) mass is 329 g/mol. The molecule has 18 heavy (non-hydrogen) atoms. The Morgan fingerprint density at radius 2 is 2.33 bits per heavy atom. The molecule has 1 unspecified atom stereocenters. The van der Waals surface area contributed by atoms with E-state index in [1.807, 2.05) is 16.1 Å². The van der Waals surface area contributed by atoms with Gasteiger partial charge in [-0.2, -0.15) is 5.10 Å². The van der Waals surface area contributed by atoms with Crippen molar-refractivity contribution < 1.29 is 0 Å². The molecule has 5 nitrogen and oxygen atoms in total. The zero-order valence-electron chi connectivity index (χ0n) is 10.3. The van der Waals surface area contributed by atoms with E-state index in [9.17, 15) is 0 Å². The fourth-order valence-electron chi connectivity index (χ4n) is 1.82. The smallest absolute Gasteiger partial charge is 0.138 e. The highest BCUT2D eigenvalue weighted by Gasteiger charge is 2.18. The quantitative estimate of drug-likeness (QED) is 0.653. The predicted octanol–water partition coefficient (Wildman–Crippen LogP) is 2.43. The van der Waals surface area contributed by atoms with Gasteiger partial charge in [0, 0.05) is 21.8 Å². The number of nitrogens with zero attached hydrogens (tertiary/aromatic N) is 3. The van der Waals surface area contributed by atoms with Crippen LogP contribution in [0.5, 0.6) is 0 Å². The third-order valence-electron chi connectivity index (χ3n) is 2.69. The summed E-state index contributed by atoms with van der Waals surface area (Å²) in [6.45, 7) is 4.17. The highest BCUT2D eigenvalue weighted by atomic mass is 79.9. The van der Waals surface area contributed by atoms with Gasteiger partial charge in [-0.3, -0.25) is 11.3 Å². The van der Waals surface area contributed by atoms with Crippen molar-refractivity contribution in [3.63, 3.8) is 0 Å². The molecule has 0 aliphatic rings. The van der Waals surface area contributed by atoms with Crippen molar-refractivity contribution >= 4 is 27.3 Å². The molecule has 0 fully saturated rings.